The van der Waals surface area contributed by atoms with E-state index in [9.17, 15) is 4.79 Å². The molecule has 0 aliphatic carbocycles. The van der Waals surface area contributed by atoms with E-state index < -0.39 is 0 Å². The highest BCUT2D eigenvalue weighted by Crippen LogP contribution is 2.39. The van der Waals surface area contributed by atoms with Crippen LogP contribution in [0.2, 0.25) is 5.02 Å². The number of nitrogens with zero attached hydrogens (tertiary/aromatic N) is 3. The van der Waals surface area contributed by atoms with E-state index in [2.05, 4.69) is 10.4 Å². The number of methoxy groups -OCH3 is 2. The lowest BCUT2D eigenvalue weighted by molar-refractivity contribution is 0.206. The minimum atomic E-state index is -0.176. The van der Waals surface area contributed by atoms with Crippen molar-refractivity contribution in [3.63, 3.8) is 0 Å². The summed E-state index contributed by atoms with van der Waals surface area (Å²) in [7, 11) is 3.26. The molecule has 2 heterocycles. The molecule has 8 heteroatoms. The van der Waals surface area contributed by atoms with E-state index in [-0.39, 0.29) is 12.1 Å². The molecule has 2 amide bonds. The number of carbonyl (C=O) groups excluding carboxylic acids is 1. The molecule has 156 valence electrons. The fraction of sp³-hybridized carbons (Fsp3) is 0.273. The van der Waals surface area contributed by atoms with Gasteiger partial charge in [0.2, 0.25) is 0 Å². The Morgan fingerprint density at radius 1 is 1.20 bits per heavy atom. The van der Waals surface area contributed by atoms with Crippen LogP contribution in [0.3, 0.4) is 0 Å². The number of benzene rings is 2. The van der Waals surface area contributed by atoms with Gasteiger partial charge in [-0.25, -0.2) is 9.48 Å². The summed E-state index contributed by atoms with van der Waals surface area (Å²) in [5.74, 6) is 1.48. The van der Waals surface area contributed by atoms with Gasteiger partial charge in [-0.05, 0) is 55.3 Å². The third-order valence-corrected chi connectivity index (χ3v) is 5.56. The number of aromatic nitrogens is 2. The van der Waals surface area contributed by atoms with E-state index in [1.54, 1.807) is 31.2 Å². The summed E-state index contributed by atoms with van der Waals surface area (Å²) < 4.78 is 12.6. The Bertz CT molecular complexity index is 1040. The zero-order chi connectivity index (χ0) is 21.1. The molecule has 1 unspecified atom stereocenters. The van der Waals surface area contributed by atoms with Gasteiger partial charge in [0.05, 0.1) is 31.0 Å². The van der Waals surface area contributed by atoms with Crippen LogP contribution in [0.15, 0.2) is 54.9 Å². The van der Waals surface area contributed by atoms with Crippen molar-refractivity contribution >= 4 is 23.3 Å². The number of hydrogen-bond donors (Lipinski definition) is 1. The zero-order valence-electron chi connectivity index (χ0n) is 16.8. The van der Waals surface area contributed by atoms with E-state index >= 15 is 0 Å². The molecule has 1 aliphatic rings. The van der Waals surface area contributed by atoms with Crippen LogP contribution < -0.4 is 14.8 Å². The molecule has 1 fully saturated rings. The van der Waals surface area contributed by atoms with Crippen LogP contribution >= 0.6 is 11.6 Å². The molecular weight excluding hydrogens is 404 g/mol. The first kappa shape index (κ1) is 20.1. The van der Waals surface area contributed by atoms with Crippen molar-refractivity contribution in [2.24, 2.45) is 0 Å². The van der Waals surface area contributed by atoms with Crippen LogP contribution in [0.5, 0.6) is 11.5 Å². The monoisotopic (exact) mass is 426 g/mol. The Balaban J connectivity index is 1.54. The molecule has 4 rings (SSSR count). The first-order chi connectivity index (χ1) is 14.6. The number of rotatable bonds is 5. The fourth-order valence-corrected chi connectivity index (χ4v) is 4.08. The molecule has 0 spiro atoms. The van der Waals surface area contributed by atoms with Crippen LogP contribution in [0.1, 0.15) is 24.4 Å². The maximum absolute atomic E-state index is 13.1. The minimum Gasteiger partial charge on any atom is -0.497 e. The van der Waals surface area contributed by atoms with Crippen LogP contribution in [0.4, 0.5) is 10.5 Å². The molecule has 30 heavy (non-hydrogen) atoms. The number of carbonyl (C=O) groups is 1. The van der Waals surface area contributed by atoms with Gasteiger partial charge in [0.25, 0.3) is 0 Å². The molecular formula is C22H23ClN4O3. The van der Waals surface area contributed by atoms with Gasteiger partial charge >= 0.3 is 6.03 Å². The highest BCUT2D eigenvalue weighted by Gasteiger charge is 2.32. The Morgan fingerprint density at radius 2 is 2.07 bits per heavy atom. The number of likely N-dealkylation sites (tertiary alicyclic amines) is 1. The second-order valence-electron chi connectivity index (χ2n) is 7.01. The van der Waals surface area contributed by atoms with Gasteiger partial charge in [-0.3, -0.25) is 0 Å². The third kappa shape index (κ3) is 3.93. The van der Waals surface area contributed by atoms with Crippen LogP contribution in [-0.2, 0) is 0 Å². The molecule has 0 saturated carbocycles. The van der Waals surface area contributed by atoms with Crippen LogP contribution in [0, 0.1) is 0 Å². The number of amides is 2. The van der Waals surface area contributed by atoms with Gasteiger partial charge in [-0.2, -0.15) is 5.10 Å². The predicted octanol–water partition coefficient (Wildman–Crippen LogP) is 4.91. The topological polar surface area (TPSA) is 68.6 Å². The second kappa shape index (κ2) is 8.67. The van der Waals surface area contributed by atoms with Gasteiger partial charge < -0.3 is 19.7 Å². The van der Waals surface area contributed by atoms with Crippen molar-refractivity contribution in [3.8, 4) is 17.2 Å². The molecule has 3 aromatic rings. The average molecular weight is 427 g/mol. The van der Waals surface area contributed by atoms with E-state index in [1.165, 1.54) is 0 Å². The minimum absolute atomic E-state index is 0.0890. The largest absolute Gasteiger partial charge is 0.497 e. The summed E-state index contributed by atoms with van der Waals surface area (Å²) in [5, 5.41) is 7.66. The Morgan fingerprint density at radius 3 is 2.77 bits per heavy atom. The second-order valence-corrected chi connectivity index (χ2v) is 7.41. The molecule has 1 atom stereocenters. The van der Waals surface area contributed by atoms with E-state index in [1.807, 2.05) is 47.5 Å². The van der Waals surface area contributed by atoms with Crippen molar-refractivity contribution in [1.29, 1.82) is 0 Å². The van der Waals surface area contributed by atoms with Gasteiger partial charge in [-0.1, -0.05) is 11.6 Å². The average Bonchev–Trinajstić information content (AvgIpc) is 3.45. The predicted molar refractivity (Wildman–Crippen MR) is 116 cm³/mol. The lowest BCUT2D eigenvalue weighted by atomic mass is 10.0. The summed E-state index contributed by atoms with van der Waals surface area (Å²) in [6, 6.07) is 12.6. The molecule has 1 saturated heterocycles. The number of ether oxygens (including phenoxy) is 2. The summed E-state index contributed by atoms with van der Waals surface area (Å²) in [4.78, 5) is 14.9. The summed E-state index contributed by atoms with van der Waals surface area (Å²) in [6.07, 6.45) is 5.27. The number of urea groups is 1. The highest BCUT2D eigenvalue weighted by molar-refractivity contribution is 6.32. The SMILES string of the molecule is COc1ccc(OC)c(C2CCCN2C(=O)Nc2ccc(-n3cccn3)c(Cl)c2)c1. The van der Waals surface area contributed by atoms with Crippen LogP contribution in [0.25, 0.3) is 5.69 Å². The van der Waals surface area contributed by atoms with Gasteiger partial charge in [-0.15, -0.1) is 0 Å². The maximum Gasteiger partial charge on any atom is 0.322 e. The summed E-state index contributed by atoms with van der Waals surface area (Å²) in [5.41, 5.74) is 2.32. The fourth-order valence-electron chi connectivity index (χ4n) is 3.81. The van der Waals surface area contributed by atoms with Crippen molar-refractivity contribution in [2.75, 3.05) is 26.1 Å². The molecule has 2 aromatic carbocycles. The number of halogens is 1. The van der Waals surface area contributed by atoms with Gasteiger partial charge in [0, 0.05) is 30.2 Å². The molecule has 1 N–H and O–H groups in total. The van der Waals surface area contributed by atoms with E-state index in [0.29, 0.717) is 17.3 Å². The van der Waals surface area contributed by atoms with Crippen molar-refractivity contribution in [1.82, 2.24) is 14.7 Å². The molecule has 7 nitrogen and oxygen atoms in total. The normalized spacial score (nSPS) is 15.8. The van der Waals surface area contributed by atoms with Crippen molar-refractivity contribution in [3.05, 3.63) is 65.4 Å². The van der Waals surface area contributed by atoms with Crippen molar-refractivity contribution < 1.29 is 14.3 Å². The quantitative estimate of drug-likeness (QED) is 0.629. The van der Waals surface area contributed by atoms with Crippen LogP contribution in [-0.4, -0.2) is 41.5 Å². The molecule has 0 bridgehead atoms. The Labute approximate surface area is 180 Å². The van der Waals surface area contributed by atoms with Gasteiger partial charge in [0.15, 0.2) is 0 Å². The summed E-state index contributed by atoms with van der Waals surface area (Å²) in [6.45, 7) is 0.663. The Kier molecular flexibility index (Phi) is 5.81. The third-order valence-electron chi connectivity index (χ3n) is 5.26. The lowest BCUT2D eigenvalue weighted by Crippen LogP contribution is -2.34. The maximum atomic E-state index is 13.1. The highest BCUT2D eigenvalue weighted by atomic mass is 35.5. The molecule has 1 aliphatic heterocycles. The lowest BCUT2D eigenvalue weighted by Gasteiger charge is -2.27. The number of hydrogen-bond acceptors (Lipinski definition) is 4. The molecule has 0 radical (unpaired) electrons. The number of anilines is 1. The van der Waals surface area contributed by atoms with Crippen molar-refractivity contribution in [2.45, 2.75) is 18.9 Å². The molecule has 1 aromatic heterocycles. The first-order valence-corrected chi connectivity index (χ1v) is 10.1. The zero-order valence-corrected chi connectivity index (χ0v) is 17.6. The standard InChI is InChI=1S/C22H23ClN4O3/c1-29-16-7-9-21(30-2)17(14-16)19-5-3-11-26(19)22(28)25-15-6-8-20(18(23)13-15)27-12-4-10-24-27/h4,6-10,12-14,19H,3,5,11H2,1-2H3,(H,25,28). The van der Waals surface area contributed by atoms with E-state index in [0.717, 1.165) is 35.6 Å². The summed E-state index contributed by atoms with van der Waals surface area (Å²) >= 11 is 6.41. The Hall–Kier alpha value is -3.19. The van der Waals surface area contributed by atoms with Gasteiger partial charge in [0.1, 0.15) is 11.5 Å². The smallest absolute Gasteiger partial charge is 0.322 e. The number of nitrogens with one attached hydrogen (secondary N) is 1. The van der Waals surface area contributed by atoms with E-state index in [4.69, 9.17) is 21.1 Å². The first-order valence-electron chi connectivity index (χ1n) is 9.70.